The first-order valence-corrected chi connectivity index (χ1v) is 16.7. The lowest BCUT2D eigenvalue weighted by molar-refractivity contribution is 0.284. The van der Waals surface area contributed by atoms with Gasteiger partial charge in [0.2, 0.25) is 0 Å². The first-order chi connectivity index (χ1) is 21.2. The minimum atomic E-state index is -0.139. The lowest BCUT2D eigenvalue weighted by atomic mass is 9.71. The summed E-state index contributed by atoms with van der Waals surface area (Å²) < 4.78 is 2.29. The number of rotatable bonds is 6. The van der Waals surface area contributed by atoms with E-state index in [0.29, 0.717) is 0 Å². The molecule has 3 N–H and O–H groups in total. The summed E-state index contributed by atoms with van der Waals surface area (Å²) in [4.78, 5) is 0. The first kappa shape index (κ1) is 33.4. The van der Waals surface area contributed by atoms with Crippen molar-refractivity contribution in [3.8, 4) is 22.6 Å². The van der Waals surface area contributed by atoms with Crippen LogP contribution in [0.25, 0.3) is 38.6 Å². The number of aromatic hydroxyl groups is 1. The minimum Gasteiger partial charge on any atom is -0.505 e. The van der Waals surface area contributed by atoms with Crippen LogP contribution >= 0.6 is 0 Å². The number of phenolic OH excluding ortho intramolecular Hbond substituents is 1. The molecule has 244 valence electrons. The first-order valence-electron chi connectivity index (χ1n) is 16.7. The van der Waals surface area contributed by atoms with E-state index in [9.17, 15) is 5.11 Å². The number of nitrogens with zero attached hydrogens (tertiary/aromatic N) is 1. The van der Waals surface area contributed by atoms with Crippen LogP contribution in [0.5, 0.6) is 5.75 Å². The zero-order valence-corrected chi connectivity index (χ0v) is 30.5. The molecule has 1 aromatic heterocycles. The minimum absolute atomic E-state index is 0.0137. The van der Waals surface area contributed by atoms with Gasteiger partial charge in [-0.25, -0.2) is 0 Å². The molecule has 0 saturated carbocycles. The summed E-state index contributed by atoms with van der Waals surface area (Å²) in [5, 5.41) is 21.4. The molecule has 0 bridgehead atoms. The van der Waals surface area contributed by atoms with Gasteiger partial charge in [0.1, 0.15) is 5.75 Å². The van der Waals surface area contributed by atoms with Gasteiger partial charge in [0.15, 0.2) is 0 Å². The highest BCUT2D eigenvalue weighted by atomic mass is 16.3. The monoisotopic (exact) mass is 617 g/mol. The molecule has 4 nitrogen and oxygen atoms in total. The molecule has 5 aromatic rings. The van der Waals surface area contributed by atoms with Gasteiger partial charge in [0, 0.05) is 41.8 Å². The highest BCUT2D eigenvalue weighted by Crippen LogP contribution is 2.46. The molecular formula is C42H55N3O. The maximum Gasteiger partial charge on any atom is 0.147 e. The largest absolute Gasteiger partial charge is 0.505 e. The van der Waals surface area contributed by atoms with Gasteiger partial charge in [-0.15, -0.1) is 0 Å². The summed E-state index contributed by atoms with van der Waals surface area (Å²) in [6.07, 6.45) is 0.999. The predicted octanol–water partition coefficient (Wildman–Crippen LogP) is 11.5. The fraction of sp³-hybridized carbons (Fsp3) is 0.429. The molecule has 0 aliphatic heterocycles. The van der Waals surface area contributed by atoms with Crippen LogP contribution in [-0.2, 0) is 16.2 Å². The topological polar surface area (TPSA) is 49.2 Å². The number of aromatic nitrogens is 1. The zero-order chi connectivity index (χ0) is 34.0. The summed E-state index contributed by atoms with van der Waals surface area (Å²) in [5.41, 5.74) is 10.6. The second kappa shape index (κ2) is 11.4. The van der Waals surface area contributed by atoms with Crippen molar-refractivity contribution >= 4 is 33.2 Å². The molecule has 0 amide bonds. The second-order valence-corrected chi connectivity index (χ2v) is 17.1. The summed E-state index contributed by atoms with van der Waals surface area (Å²) in [7, 11) is 3.87. The number of phenols is 1. The van der Waals surface area contributed by atoms with Crippen molar-refractivity contribution in [2.75, 3.05) is 24.7 Å². The maximum absolute atomic E-state index is 12.4. The molecule has 0 spiro atoms. The molecule has 0 fully saturated rings. The van der Waals surface area contributed by atoms with Crippen LogP contribution in [0.15, 0.2) is 66.7 Å². The smallest absolute Gasteiger partial charge is 0.147 e. The van der Waals surface area contributed by atoms with Crippen molar-refractivity contribution < 1.29 is 5.11 Å². The quantitative estimate of drug-likeness (QED) is 0.178. The van der Waals surface area contributed by atoms with Crippen molar-refractivity contribution in [1.29, 1.82) is 0 Å². The average molecular weight is 618 g/mol. The van der Waals surface area contributed by atoms with Gasteiger partial charge in [-0.3, -0.25) is 0 Å². The normalized spacial score (nSPS) is 13.1. The van der Waals surface area contributed by atoms with E-state index in [4.69, 9.17) is 0 Å². The molecule has 4 aromatic carbocycles. The lowest BCUT2D eigenvalue weighted by Crippen LogP contribution is -2.25. The van der Waals surface area contributed by atoms with E-state index in [1.807, 2.05) is 14.1 Å². The van der Waals surface area contributed by atoms with E-state index in [0.717, 1.165) is 45.6 Å². The third-order valence-electron chi connectivity index (χ3n) is 9.40. The van der Waals surface area contributed by atoms with Gasteiger partial charge in [-0.2, -0.15) is 0 Å². The molecule has 46 heavy (non-hydrogen) atoms. The lowest BCUT2D eigenvalue weighted by Gasteiger charge is -2.34. The van der Waals surface area contributed by atoms with Crippen LogP contribution in [-0.4, -0.2) is 23.8 Å². The number of fused-ring (bicyclic) bond motifs is 3. The van der Waals surface area contributed by atoms with E-state index in [2.05, 4.69) is 158 Å². The summed E-state index contributed by atoms with van der Waals surface area (Å²) in [5.74, 6) is 0.282. The van der Waals surface area contributed by atoms with Crippen molar-refractivity contribution in [1.82, 2.24) is 4.57 Å². The van der Waals surface area contributed by atoms with E-state index < -0.39 is 0 Å². The number of hydrogen-bond donors (Lipinski definition) is 3. The standard InChI is InChI=1S/C42H55N3O/c1-39(2,3)25-42(10,11)29-22-32(26-18-30(43-12)24-31(19-26)44-13)38(46)37(23-29)45-35-16-14-27(40(4,5)6)20-33(35)34-21-28(41(7,8)9)15-17-36(34)45/h14-24,43-44,46H,25H2,1-13H3. The fourth-order valence-corrected chi connectivity index (χ4v) is 7.12. The number of hydrogen-bond acceptors (Lipinski definition) is 3. The van der Waals surface area contributed by atoms with E-state index >= 15 is 0 Å². The van der Waals surface area contributed by atoms with Gasteiger partial charge in [-0.1, -0.05) is 88.3 Å². The van der Waals surface area contributed by atoms with Gasteiger partial charge in [-0.05, 0) is 105 Å². The Hall–Kier alpha value is -3.92. The third-order valence-corrected chi connectivity index (χ3v) is 9.40. The summed E-state index contributed by atoms with van der Waals surface area (Å²) in [6, 6.07) is 24.5. The summed E-state index contributed by atoms with van der Waals surface area (Å²) >= 11 is 0. The van der Waals surface area contributed by atoms with Gasteiger partial charge < -0.3 is 20.3 Å². The highest BCUT2D eigenvalue weighted by molar-refractivity contribution is 6.10. The van der Waals surface area contributed by atoms with Crippen LogP contribution in [0.2, 0.25) is 0 Å². The molecule has 0 unspecified atom stereocenters. The van der Waals surface area contributed by atoms with E-state index in [1.54, 1.807) is 0 Å². The van der Waals surface area contributed by atoms with Crippen LogP contribution in [0.1, 0.15) is 99.3 Å². The number of benzene rings is 4. The van der Waals surface area contributed by atoms with Crippen molar-refractivity contribution in [3.63, 3.8) is 0 Å². The molecule has 0 radical (unpaired) electrons. The van der Waals surface area contributed by atoms with Gasteiger partial charge in [0.05, 0.1) is 16.7 Å². The molecule has 5 rings (SSSR count). The highest BCUT2D eigenvalue weighted by Gasteiger charge is 2.30. The van der Waals surface area contributed by atoms with Gasteiger partial charge >= 0.3 is 0 Å². The van der Waals surface area contributed by atoms with Crippen molar-refractivity contribution in [2.24, 2.45) is 5.41 Å². The van der Waals surface area contributed by atoms with Gasteiger partial charge in [0.25, 0.3) is 0 Å². The van der Waals surface area contributed by atoms with Crippen LogP contribution < -0.4 is 10.6 Å². The van der Waals surface area contributed by atoms with E-state index in [-0.39, 0.29) is 27.4 Å². The summed E-state index contributed by atoms with van der Waals surface area (Å²) in [6.45, 7) is 25.2. The van der Waals surface area contributed by atoms with Crippen LogP contribution in [0, 0.1) is 5.41 Å². The average Bonchev–Trinajstić information content (AvgIpc) is 3.27. The zero-order valence-electron chi connectivity index (χ0n) is 30.5. The van der Waals surface area contributed by atoms with Crippen molar-refractivity contribution in [2.45, 2.75) is 98.8 Å². The molecule has 0 aliphatic rings. The Balaban J connectivity index is 1.93. The second-order valence-electron chi connectivity index (χ2n) is 17.1. The van der Waals surface area contributed by atoms with E-state index in [1.165, 1.54) is 27.5 Å². The van der Waals surface area contributed by atoms with Crippen molar-refractivity contribution in [3.05, 3.63) is 83.4 Å². The number of anilines is 2. The van der Waals surface area contributed by atoms with Crippen LogP contribution in [0.4, 0.5) is 11.4 Å². The Morgan fingerprint density at radius 3 is 1.48 bits per heavy atom. The molecule has 4 heteroatoms. The Bertz CT molecular complexity index is 1830. The van der Waals surface area contributed by atoms with Crippen LogP contribution in [0.3, 0.4) is 0 Å². The fourth-order valence-electron chi connectivity index (χ4n) is 7.12. The Kier molecular flexibility index (Phi) is 8.29. The number of nitrogens with one attached hydrogen (secondary N) is 2. The Morgan fingerprint density at radius 2 is 1.07 bits per heavy atom. The molecule has 0 aliphatic carbocycles. The SMILES string of the molecule is CNc1cc(NC)cc(-c2cc(C(C)(C)CC(C)(C)C)cc(-n3c4ccc(C(C)(C)C)cc4c4cc(C(C)(C)C)ccc43)c2O)c1. The maximum atomic E-state index is 12.4. The molecule has 0 atom stereocenters. The molecular weight excluding hydrogens is 562 g/mol. The molecule has 1 heterocycles. The predicted molar refractivity (Wildman–Crippen MR) is 201 cm³/mol. The Labute approximate surface area is 277 Å². The Morgan fingerprint density at radius 1 is 0.587 bits per heavy atom. The molecule has 0 saturated heterocycles. The third kappa shape index (κ3) is 6.36.